The summed E-state index contributed by atoms with van der Waals surface area (Å²) < 4.78 is 0. The normalized spacial score (nSPS) is 25.0. The highest BCUT2D eigenvalue weighted by molar-refractivity contribution is 6.02. The second-order valence-corrected chi connectivity index (χ2v) is 3.29. The fourth-order valence-electron chi connectivity index (χ4n) is 0.906. The first-order valence-corrected chi connectivity index (χ1v) is 3.50. The van der Waals surface area contributed by atoms with E-state index in [0.717, 1.165) is 0 Å². The molecule has 2 amide bonds. The van der Waals surface area contributed by atoms with Crippen molar-refractivity contribution < 1.29 is 9.59 Å². The Kier molecular flexibility index (Phi) is 1.72. The highest BCUT2D eigenvalue weighted by Crippen LogP contribution is 2.14. The molecule has 4 heteroatoms. The number of likely N-dealkylation sites (N-methyl/N-ethyl adjacent to an activating group) is 1. The summed E-state index contributed by atoms with van der Waals surface area (Å²) in [5, 5.41) is 2.28. The fourth-order valence-corrected chi connectivity index (χ4v) is 0.906. The highest BCUT2D eigenvalue weighted by Gasteiger charge is 2.38. The topological polar surface area (TPSA) is 49.4 Å². The lowest BCUT2D eigenvalue weighted by Crippen LogP contribution is -2.62. The summed E-state index contributed by atoms with van der Waals surface area (Å²) in [4.78, 5) is 23.7. The first-order valence-electron chi connectivity index (χ1n) is 3.50. The van der Waals surface area contributed by atoms with Gasteiger partial charge in [-0.05, 0) is 20.9 Å². The standard InChI is InChI=1S/C7H12N2O2/c1-7(2)6(11)8-5(10)4-9(7)3/h4H2,1-3H3,(H,8,10,11). The van der Waals surface area contributed by atoms with Crippen molar-refractivity contribution in [1.29, 1.82) is 0 Å². The maximum absolute atomic E-state index is 11.2. The minimum absolute atomic E-state index is 0.225. The van der Waals surface area contributed by atoms with Crippen LogP contribution in [0, 0.1) is 0 Å². The number of nitrogens with zero attached hydrogens (tertiary/aromatic N) is 1. The van der Waals surface area contributed by atoms with Gasteiger partial charge in [0.25, 0.3) is 0 Å². The summed E-state index contributed by atoms with van der Waals surface area (Å²) in [6, 6.07) is 0. The maximum atomic E-state index is 11.2. The van der Waals surface area contributed by atoms with Gasteiger partial charge in [-0.15, -0.1) is 0 Å². The Bertz CT molecular complexity index is 210. The van der Waals surface area contributed by atoms with Gasteiger partial charge >= 0.3 is 0 Å². The summed E-state index contributed by atoms with van der Waals surface area (Å²) in [5.74, 6) is -0.451. The van der Waals surface area contributed by atoms with Crippen LogP contribution in [0.1, 0.15) is 13.8 Å². The Morgan fingerprint density at radius 2 is 2.00 bits per heavy atom. The molecular weight excluding hydrogens is 144 g/mol. The Balaban J connectivity index is 2.84. The van der Waals surface area contributed by atoms with E-state index >= 15 is 0 Å². The lowest BCUT2D eigenvalue weighted by atomic mass is 10.00. The third-order valence-corrected chi connectivity index (χ3v) is 2.14. The molecule has 0 aromatic heterocycles. The zero-order valence-electron chi connectivity index (χ0n) is 6.97. The Labute approximate surface area is 65.6 Å². The summed E-state index contributed by atoms with van der Waals surface area (Å²) in [5.41, 5.74) is -0.562. The number of piperazine rings is 1. The number of amides is 2. The van der Waals surface area contributed by atoms with Crippen molar-refractivity contribution in [2.24, 2.45) is 0 Å². The second kappa shape index (κ2) is 2.30. The highest BCUT2D eigenvalue weighted by atomic mass is 16.2. The second-order valence-electron chi connectivity index (χ2n) is 3.29. The van der Waals surface area contributed by atoms with E-state index in [9.17, 15) is 9.59 Å². The SMILES string of the molecule is CN1CC(=O)NC(=O)C1(C)C. The van der Waals surface area contributed by atoms with Gasteiger partial charge in [0.1, 0.15) is 0 Å². The van der Waals surface area contributed by atoms with Crippen LogP contribution in [0.4, 0.5) is 0 Å². The van der Waals surface area contributed by atoms with Gasteiger partial charge in [0.15, 0.2) is 0 Å². The third kappa shape index (κ3) is 1.26. The molecule has 1 rings (SSSR count). The summed E-state index contributed by atoms with van der Waals surface area (Å²) in [7, 11) is 1.76. The average Bonchev–Trinajstić information content (AvgIpc) is 1.84. The van der Waals surface area contributed by atoms with E-state index in [2.05, 4.69) is 5.32 Å². The number of nitrogens with one attached hydrogen (secondary N) is 1. The van der Waals surface area contributed by atoms with Crippen molar-refractivity contribution in [3.8, 4) is 0 Å². The number of carbonyl (C=O) groups is 2. The predicted molar refractivity (Wildman–Crippen MR) is 39.9 cm³/mol. The van der Waals surface area contributed by atoms with Crippen LogP contribution in [0.3, 0.4) is 0 Å². The molecule has 1 saturated heterocycles. The minimum Gasteiger partial charge on any atom is -0.294 e. The van der Waals surface area contributed by atoms with Gasteiger partial charge in [0.2, 0.25) is 11.8 Å². The smallest absolute Gasteiger partial charge is 0.246 e. The van der Waals surface area contributed by atoms with Crippen molar-refractivity contribution >= 4 is 11.8 Å². The maximum Gasteiger partial charge on any atom is 0.246 e. The number of hydrogen-bond donors (Lipinski definition) is 1. The summed E-state index contributed by atoms with van der Waals surface area (Å²) in [6.45, 7) is 3.86. The molecular formula is C7H12N2O2. The number of imide groups is 1. The zero-order valence-corrected chi connectivity index (χ0v) is 6.97. The van der Waals surface area contributed by atoms with E-state index in [-0.39, 0.29) is 11.8 Å². The minimum atomic E-state index is -0.562. The van der Waals surface area contributed by atoms with Crippen molar-refractivity contribution in [2.75, 3.05) is 13.6 Å². The van der Waals surface area contributed by atoms with Gasteiger partial charge in [0, 0.05) is 0 Å². The van der Waals surface area contributed by atoms with E-state index < -0.39 is 5.54 Å². The van der Waals surface area contributed by atoms with Crippen LogP contribution in [-0.2, 0) is 9.59 Å². The molecule has 1 heterocycles. The Hall–Kier alpha value is -0.900. The molecule has 0 aromatic rings. The van der Waals surface area contributed by atoms with E-state index in [1.165, 1.54) is 0 Å². The molecule has 0 radical (unpaired) electrons. The first-order chi connectivity index (χ1) is 4.94. The van der Waals surface area contributed by atoms with Gasteiger partial charge in [-0.25, -0.2) is 0 Å². The lowest BCUT2D eigenvalue weighted by molar-refractivity contribution is -0.143. The molecule has 0 aliphatic carbocycles. The number of carbonyl (C=O) groups excluding carboxylic acids is 2. The molecule has 4 nitrogen and oxygen atoms in total. The molecule has 0 spiro atoms. The molecule has 1 fully saturated rings. The molecule has 0 bridgehead atoms. The Morgan fingerprint density at radius 3 is 2.45 bits per heavy atom. The number of hydrogen-bond acceptors (Lipinski definition) is 3. The van der Waals surface area contributed by atoms with Gasteiger partial charge in [0.05, 0.1) is 12.1 Å². The van der Waals surface area contributed by atoms with Crippen LogP contribution in [-0.4, -0.2) is 35.8 Å². The van der Waals surface area contributed by atoms with Crippen molar-refractivity contribution in [2.45, 2.75) is 19.4 Å². The molecule has 62 valence electrons. The van der Waals surface area contributed by atoms with Crippen LogP contribution in [0.2, 0.25) is 0 Å². The predicted octanol–water partition coefficient (Wildman–Crippen LogP) is -0.647. The first kappa shape index (κ1) is 8.20. The van der Waals surface area contributed by atoms with Crippen LogP contribution >= 0.6 is 0 Å². The van der Waals surface area contributed by atoms with Gasteiger partial charge in [-0.3, -0.25) is 19.8 Å². The monoisotopic (exact) mass is 156 g/mol. The quantitative estimate of drug-likeness (QED) is 0.474. The summed E-state index contributed by atoms with van der Waals surface area (Å²) in [6.07, 6.45) is 0. The number of rotatable bonds is 0. The molecule has 1 aliphatic heterocycles. The molecule has 11 heavy (non-hydrogen) atoms. The molecule has 1 N–H and O–H groups in total. The molecule has 0 atom stereocenters. The Morgan fingerprint density at radius 1 is 1.45 bits per heavy atom. The van der Waals surface area contributed by atoms with E-state index in [4.69, 9.17) is 0 Å². The fraction of sp³-hybridized carbons (Fsp3) is 0.714. The van der Waals surface area contributed by atoms with Crippen molar-refractivity contribution in [3.05, 3.63) is 0 Å². The van der Waals surface area contributed by atoms with E-state index in [1.807, 2.05) is 0 Å². The van der Waals surface area contributed by atoms with E-state index in [0.29, 0.717) is 6.54 Å². The van der Waals surface area contributed by atoms with Crippen LogP contribution in [0.15, 0.2) is 0 Å². The molecule has 0 aromatic carbocycles. The van der Waals surface area contributed by atoms with Crippen LogP contribution in [0.25, 0.3) is 0 Å². The largest absolute Gasteiger partial charge is 0.294 e. The molecule has 0 saturated carbocycles. The van der Waals surface area contributed by atoms with Crippen LogP contribution in [0.5, 0.6) is 0 Å². The van der Waals surface area contributed by atoms with E-state index in [1.54, 1.807) is 25.8 Å². The third-order valence-electron chi connectivity index (χ3n) is 2.14. The van der Waals surface area contributed by atoms with Gasteiger partial charge in [-0.1, -0.05) is 0 Å². The summed E-state index contributed by atoms with van der Waals surface area (Å²) >= 11 is 0. The van der Waals surface area contributed by atoms with Crippen molar-refractivity contribution in [3.63, 3.8) is 0 Å². The van der Waals surface area contributed by atoms with Crippen molar-refractivity contribution in [1.82, 2.24) is 10.2 Å². The van der Waals surface area contributed by atoms with Gasteiger partial charge in [-0.2, -0.15) is 0 Å². The van der Waals surface area contributed by atoms with Gasteiger partial charge < -0.3 is 0 Å². The molecule has 0 unspecified atom stereocenters. The molecule has 1 aliphatic rings. The average molecular weight is 156 g/mol. The lowest BCUT2D eigenvalue weighted by Gasteiger charge is -2.37. The van der Waals surface area contributed by atoms with Crippen LogP contribution < -0.4 is 5.32 Å². The zero-order chi connectivity index (χ0) is 8.65.